The SMILES string of the molecule is Cc1cc(C)c(N2CCN(c3c(C)cc(C)cc3C)C2[PH](C2CCCCC2)(C2CCCCC2)C2CCCCC2)c(C)c1.[Cl][Ru]([Cl])=[CH]c1ccccc1. The van der Waals surface area contributed by atoms with Crippen molar-refractivity contribution in [3.05, 3.63) is 93.5 Å². The third kappa shape index (κ3) is 8.91. The summed E-state index contributed by atoms with van der Waals surface area (Å²) in [4.78, 5) is 6.15. The van der Waals surface area contributed by atoms with Crippen molar-refractivity contribution in [2.24, 2.45) is 0 Å². The molecule has 4 aliphatic rings. The number of rotatable bonds is 7. The van der Waals surface area contributed by atoms with Crippen molar-refractivity contribution in [2.75, 3.05) is 22.9 Å². The zero-order valence-corrected chi connectivity index (χ0v) is 37.4. The van der Waals surface area contributed by atoms with E-state index in [1.54, 1.807) is 11.4 Å². The second-order valence-corrected chi connectivity index (χ2v) is 27.7. The van der Waals surface area contributed by atoms with Crippen LogP contribution in [-0.4, -0.2) is 40.6 Å². The first kappa shape index (κ1) is 40.4. The van der Waals surface area contributed by atoms with Crippen LogP contribution >= 0.6 is 26.6 Å². The Labute approximate surface area is 331 Å². The predicted octanol–water partition coefficient (Wildman–Crippen LogP) is 13.7. The summed E-state index contributed by atoms with van der Waals surface area (Å²) in [5.74, 6) is 0.590. The maximum absolute atomic E-state index is 5.67. The fourth-order valence-corrected chi connectivity index (χ4v) is 22.8. The number of benzene rings is 3. The molecule has 0 atom stereocenters. The summed E-state index contributed by atoms with van der Waals surface area (Å²) >= 11 is -1.61. The van der Waals surface area contributed by atoms with Crippen LogP contribution in [0.2, 0.25) is 0 Å². The molecule has 3 aromatic rings. The van der Waals surface area contributed by atoms with Crippen molar-refractivity contribution in [3.8, 4) is 0 Å². The van der Waals surface area contributed by atoms with E-state index in [1.165, 1.54) is 143 Å². The minimum absolute atomic E-state index is 0.590. The molecule has 6 heteroatoms. The zero-order chi connectivity index (χ0) is 36.8. The molecule has 0 spiro atoms. The number of nitrogens with zero attached hydrogens (tertiary/aromatic N) is 2. The summed E-state index contributed by atoms with van der Waals surface area (Å²) < 4.78 is 1.92. The second-order valence-electron chi connectivity index (χ2n) is 17.0. The van der Waals surface area contributed by atoms with E-state index in [2.05, 4.69) is 75.6 Å². The van der Waals surface area contributed by atoms with Gasteiger partial charge in [-0.15, -0.1) is 0 Å². The molecule has 4 fully saturated rings. The molecule has 0 amide bonds. The van der Waals surface area contributed by atoms with Gasteiger partial charge in [0.15, 0.2) is 0 Å². The van der Waals surface area contributed by atoms with E-state index in [0.717, 1.165) is 22.5 Å². The van der Waals surface area contributed by atoms with E-state index < -0.39 is 20.8 Å². The minimum atomic E-state index is -1.92. The fraction of sp³-hybridized carbons (Fsp3) is 0.587. The van der Waals surface area contributed by atoms with Crippen molar-refractivity contribution >= 4 is 42.6 Å². The van der Waals surface area contributed by atoms with Crippen molar-refractivity contribution in [1.82, 2.24) is 0 Å². The Morgan fingerprint density at radius 2 is 0.885 bits per heavy atom. The monoisotopic (exact) mass is 850 g/mol. The van der Waals surface area contributed by atoms with Crippen LogP contribution in [0.5, 0.6) is 0 Å². The van der Waals surface area contributed by atoms with Crippen LogP contribution in [0.3, 0.4) is 0 Å². The molecule has 52 heavy (non-hydrogen) atoms. The van der Waals surface area contributed by atoms with Crippen LogP contribution in [0, 0.1) is 41.5 Å². The van der Waals surface area contributed by atoms with E-state index in [1.807, 2.05) is 34.9 Å². The van der Waals surface area contributed by atoms with Crippen molar-refractivity contribution in [3.63, 3.8) is 0 Å². The first-order chi connectivity index (χ1) is 25.1. The Morgan fingerprint density at radius 1 is 0.538 bits per heavy atom. The molecular weight excluding hydrogens is 783 g/mol. The van der Waals surface area contributed by atoms with E-state index >= 15 is 0 Å². The molecule has 0 radical (unpaired) electrons. The van der Waals surface area contributed by atoms with Gasteiger partial charge in [0, 0.05) is 0 Å². The Bertz CT molecular complexity index is 1490. The van der Waals surface area contributed by atoms with Gasteiger partial charge in [0.2, 0.25) is 0 Å². The van der Waals surface area contributed by atoms with Crippen LogP contribution in [0.4, 0.5) is 11.4 Å². The second kappa shape index (κ2) is 18.6. The molecule has 3 aromatic carbocycles. The Kier molecular flexibility index (Phi) is 14.5. The van der Waals surface area contributed by atoms with Gasteiger partial charge >= 0.3 is 333 Å². The number of hydrogen-bond donors (Lipinski definition) is 0. The standard InChI is InChI=1S/C39H61N2P.C7H6.2ClH.Ru/c1-28-24-30(3)37(31(4)25-28)40-22-23-41(38-32(5)26-29(2)27-33(38)6)39(40)42(34-16-10-7-11-17-34,35-18-12-8-13-19-35)36-20-14-9-15-21-36;1-7-5-3-2-4-6-7;;;/h24-27,34-36,39,42H,7-23H2,1-6H3;1-6H;2*1H;/q;;;;+2/p-2. The molecular formula is C46H67Cl2N2PRu. The summed E-state index contributed by atoms with van der Waals surface area (Å²) in [6.45, 7) is 16.6. The first-order valence-electron chi connectivity index (χ1n) is 20.7. The molecule has 0 bridgehead atoms. The normalized spacial score (nSPS) is 20.4. The van der Waals surface area contributed by atoms with E-state index in [9.17, 15) is 0 Å². The molecule has 288 valence electrons. The third-order valence-electron chi connectivity index (χ3n) is 13.4. The molecule has 1 aliphatic heterocycles. The topological polar surface area (TPSA) is 6.48 Å². The number of halogens is 2. The van der Waals surface area contributed by atoms with Crippen molar-refractivity contribution in [1.29, 1.82) is 0 Å². The summed E-state index contributed by atoms with van der Waals surface area (Å²) in [5.41, 5.74) is 16.1. The number of hydrogen-bond acceptors (Lipinski definition) is 2. The summed E-state index contributed by atoms with van der Waals surface area (Å²) in [5, 5.41) is 0. The third-order valence-corrected chi connectivity index (χ3v) is 22.8. The van der Waals surface area contributed by atoms with Gasteiger partial charge in [-0.25, -0.2) is 0 Å². The zero-order valence-electron chi connectivity index (χ0n) is 33.1. The summed E-state index contributed by atoms with van der Waals surface area (Å²) in [6, 6.07) is 19.8. The van der Waals surface area contributed by atoms with E-state index in [0.29, 0.717) is 5.91 Å². The Balaban J connectivity index is 0.000000402. The number of aryl methyl sites for hydroxylation is 6. The number of anilines is 2. The van der Waals surface area contributed by atoms with Crippen LogP contribution < -0.4 is 9.80 Å². The fourth-order valence-electron chi connectivity index (χ4n) is 11.9. The van der Waals surface area contributed by atoms with Gasteiger partial charge in [-0.3, -0.25) is 0 Å². The van der Waals surface area contributed by atoms with Gasteiger partial charge < -0.3 is 0 Å². The van der Waals surface area contributed by atoms with Gasteiger partial charge in [-0.2, -0.15) is 0 Å². The molecule has 2 nitrogen and oxygen atoms in total. The Morgan fingerprint density at radius 3 is 1.21 bits per heavy atom. The van der Waals surface area contributed by atoms with E-state index in [-0.39, 0.29) is 0 Å². The van der Waals surface area contributed by atoms with Gasteiger partial charge in [-0.05, 0) is 0 Å². The predicted molar refractivity (Wildman–Crippen MR) is 232 cm³/mol. The Hall–Kier alpha value is -1.24. The maximum atomic E-state index is 5.67. The summed E-state index contributed by atoms with van der Waals surface area (Å²) in [7, 11) is 9.41. The molecule has 3 aliphatic carbocycles. The first-order valence-corrected chi connectivity index (χ1v) is 28.5. The molecule has 0 N–H and O–H groups in total. The van der Waals surface area contributed by atoms with Gasteiger partial charge in [0.25, 0.3) is 0 Å². The van der Waals surface area contributed by atoms with Crippen LogP contribution in [0.25, 0.3) is 0 Å². The average Bonchev–Trinajstić information content (AvgIpc) is 3.53. The van der Waals surface area contributed by atoms with Crippen molar-refractivity contribution in [2.45, 2.75) is 161 Å². The average molecular weight is 851 g/mol. The molecule has 3 saturated carbocycles. The van der Waals surface area contributed by atoms with Gasteiger partial charge in [-0.1, -0.05) is 0 Å². The van der Waals surface area contributed by atoms with Crippen molar-refractivity contribution < 1.29 is 13.5 Å². The molecule has 1 saturated heterocycles. The van der Waals surface area contributed by atoms with Gasteiger partial charge in [0.1, 0.15) is 0 Å². The quantitative estimate of drug-likeness (QED) is 0.173. The summed E-state index contributed by atoms with van der Waals surface area (Å²) in [6.07, 6.45) is 22.5. The van der Waals surface area contributed by atoms with Crippen LogP contribution in [0.1, 0.15) is 135 Å². The van der Waals surface area contributed by atoms with Gasteiger partial charge in [0.05, 0.1) is 0 Å². The molecule has 1 heterocycles. The van der Waals surface area contributed by atoms with Crippen LogP contribution in [0.15, 0.2) is 54.6 Å². The molecule has 0 unspecified atom stereocenters. The molecule has 7 rings (SSSR count). The molecule has 0 aromatic heterocycles. The van der Waals surface area contributed by atoms with Crippen LogP contribution in [-0.2, 0) is 13.5 Å². The van der Waals surface area contributed by atoms with E-state index in [4.69, 9.17) is 19.4 Å².